The smallest absolute Gasteiger partial charge is 0.372 e. The summed E-state index contributed by atoms with van der Waals surface area (Å²) < 4.78 is 39.9. The molecule has 3 atom stereocenters. The molecule has 2 aliphatic rings. The van der Waals surface area contributed by atoms with Gasteiger partial charge in [0.05, 0.1) is 22.2 Å². The minimum absolute atomic E-state index is 0.109. The molecule has 1 N–H and O–H groups in total. The Bertz CT molecular complexity index is 1380. The number of imide groups is 1. The lowest BCUT2D eigenvalue weighted by molar-refractivity contribution is -0.137. The third kappa shape index (κ3) is 4.03. The van der Waals surface area contributed by atoms with Gasteiger partial charge in [0.15, 0.2) is 0 Å². The van der Waals surface area contributed by atoms with Crippen LogP contribution < -0.4 is 14.7 Å². The number of anilines is 2. The van der Waals surface area contributed by atoms with Gasteiger partial charge >= 0.3 is 11.0 Å². The van der Waals surface area contributed by atoms with E-state index in [9.17, 15) is 27.6 Å². The molecule has 188 valence electrons. The van der Waals surface area contributed by atoms with Gasteiger partial charge in [0, 0.05) is 29.6 Å². The van der Waals surface area contributed by atoms with Gasteiger partial charge in [0.1, 0.15) is 5.25 Å². The van der Waals surface area contributed by atoms with Gasteiger partial charge < -0.3 is 9.88 Å². The maximum absolute atomic E-state index is 13.7. The van der Waals surface area contributed by atoms with Crippen molar-refractivity contribution in [2.45, 2.75) is 36.2 Å². The van der Waals surface area contributed by atoms with E-state index >= 15 is 0 Å². The van der Waals surface area contributed by atoms with Gasteiger partial charge in [-0.05, 0) is 49.7 Å². The minimum atomic E-state index is -4.61. The molecular formula is C25H22F3N3O3S2. The molecule has 0 bridgehead atoms. The Morgan fingerprint density at radius 1 is 1.00 bits per heavy atom. The number of nitrogens with zero attached hydrogens (tertiary/aromatic N) is 2. The minimum Gasteiger partial charge on any atom is -0.372 e. The van der Waals surface area contributed by atoms with Gasteiger partial charge in [0.2, 0.25) is 11.8 Å². The number of H-pyrrole nitrogens is 1. The fraction of sp³-hybridized carbons (Fsp3) is 0.320. The van der Waals surface area contributed by atoms with Crippen LogP contribution >= 0.6 is 23.1 Å². The van der Waals surface area contributed by atoms with Crippen molar-refractivity contribution in [2.75, 3.05) is 22.9 Å². The van der Waals surface area contributed by atoms with Crippen molar-refractivity contribution < 1.29 is 22.8 Å². The number of nitrogens with one attached hydrogen (secondary N) is 1. The van der Waals surface area contributed by atoms with Crippen molar-refractivity contribution in [1.82, 2.24) is 4.98 Å². The van der Waals surface area contributed by atoms with Crippen LogP contribution in [0.1, 0.15) is 35.8 Å². The van der Waals surface area contributed by atoms with Crippen LogP contribution in [-0.4, -0.2) is 35.1 Å². The predicted molar refractivity (Wildman–Crippen MR) is 134 cm³/mol. The number of amides is 2. The Labute approximate surface area is 213 Å². The summed E-state index contributed by atoms with van der Waals surface area (Å²) in [6.07, 6.45) is -4.61. The number of carbonyl (C=O) groups is 2. The molecule has 3 heterocycles. The number of benzene rings is 2. The number of hydrogen-bond acceptors (Lipinski definition) is 6. The first-order valence-corrected chi connectivity index (χ1v) is 13.1. The topological polar surface area (TPSA) is 73.5 Å². The lowest BCUT2D eigenvalue weighted by Crippen LogP contribution is -2.32. The van der Waals surface area contributed by atoms with E-state index in [0.717, 1.165) is 64.5 Å². The number of aromatic nitrogens is 1. The number of thiazole rings is 1. The summed E-state index contributed by atoms with van der Waals surface area (Å²) >= 11 is 2.09. The number of alkyl halides is 3. The highest BCUT2D eigenvalue weighted by Crippen LogP contribution is 2.53. The molecule has 3 unspecified atom stereocenters. The maximum atomic E-state index is 13.7. The number of rotatable bonds is 5. The average Bonchev–Trinajstić information content (AvgIpc) is 3.34. The highest BCUT2D eigenvalue weighted by atomic mass is 32.2. The first kappa shape index (κ1) is 24.6. The van der Waals surface area contributed by atoms with E-state index in [4.69, 9.17) is 0 Å². The summed E-state index contributed by atoms with van der Waals surface area (Å²) in [5.74, 6) is -2.58. The highest BCUT2D eigenvalue weighted by Gasteiger charge is 2.56. The van der Waals surface area contributed by atoms with E-state index in [0.29, 0.717) is 9.90 Å². The fourth-order valence-electron chi connectivity index (χ4n) is 4.93. The lowest BCUT2D eigenvalue weighted by atomic mass is 9.83. The number of thioether (sulfide) groups is 1. The van der Waals surface area contributed by atoms with E-state index in [1.165, 1.54) is 12.1 Å². The number of hydrogen-bond donors (Lipinski definition) is 1. The largest absolute Gasteiger partial charge is 0.416 e. The van der Waals surface area contributed by atoms with Crippen LogP contribution in [0.3, 0.4) is 0 Å². The summed E-state index contributed by atoms with van der Waals surface area (Å²) in [6, 6.07) is 11.9. The molecule has 2 aliphatic heterocycles. The Balaban J connectivity index is 1.58. The molecule has 2 aromatic carbocycles. The Morgan fingerprint density at radius 2 is 1.69 bits per heavy atom. The second-order valence-electron chi connectivity index (χ2n) is 8.57. The monoisotopic (exact) mass is 533 g/mol. The SMILES string of the molecule is CCN(CC)c1ccc(C2c3sc(=O)[nH]c3SC3C(=O)N(c4cccc(C(F)(F)F)c4)C(=O)C32)cc1. The molecule has 6 nitrogen and oxygen atoms in total. The fourth-order valence-corrected chi connectivity index (χ4v) is 7.45. The van der Waals surface area contributed by atoms with Gasteiger partial charge in [-0.2, -0.15) is 13.2 Å². The van der Waals surface area contributed by atoms with Crippen LogP contribution in [0.25, 0.3) is 0 Å². The Kier molecular flexibility index (Phi) is 6.24. The van der Waals surface area contributed by atoms with E-state index in [1.807, 2.05) is 24.3 Å². The molecule has 2 amide bonds. The van der Waals surface area contributed by atoms with Gasteiger partial charge in [-0.1, -0.05) is 41.3 Å². The van der Waals surface area contributed by atoms with Gasteiger partial charge in [0.25, 0.3) is 0 Å². The first-order valence-electron chi connectivity index (χ1n) is 11.4. The van der Waals surface area contributed by atoms with Crippen molar-refractivity contribution in [1.29, 1.82) is 0 Å². The molecule has 1 aromatic heterocycles. The summed E-state index contributed by atoms with van der Waals surface area (Å²) in [5, 5.41) is -0.339. The van der Waals surface area contributed by atoms with E-state index < -0.39 is 40.6 Å². The van der Waals surface area contributed by atoms with Crippen LogP contribution in [0.5, 0.6) is 0 Å². The molecule has 0 radical (unpaired) electrons. The molecule has 0 saturated carbocycles. The number of halogens is 3. The van der Waals surface area contributed by atoms with E-state index in [1.54, 1.807) is 0 Å². The molecule has 0 spiro atoms. The van der Waals surface area contributed by atoms with Crippen LogP contribution in [0.4, 0.5) is 24.5 Å². The third-order valence-electron chi connectivity index (χ3n) is 6.64. The van der Waals surface area contributed by atoms with Crippen LogP contribution in [0, 0.1) is 5.92 Å². The average molecular weight is 534 g/mol. The van der Waals surface area contributed by atoms with Gasteiger partial charge in [-0.3, -0.25) is 14.4 Å². The first-order chi connectivity index (χ1) is 17.1. The maximum Gasteiger partial charge on any atom is 0.416 e. The molecular weight excluding hydrogens is 511 g/mol. The van der Waals surface area contributed by atoms with E-state index in [2.05, 4.69) is 23.7 Å². The van der Waals surface area contributed by atoms with Crippen molar-refractivity contribution in [3.05, 3.63) is 74.2 Å². The second kappa shape index (κ2) is 9.11. The Morgan fingerprint density at radius 3 is 2.33 bits per heavy atom. The summed E-state index contributed by atoms with van der Waals surface area (Å²) in [7, 11) is 0. The summed E-state index contributed by atoms with van der Waals surface area (Å²) in [5.41, 5.74) is 0.731. The van der Waals surface area contributed by atoms with Gasteiger partial charge in [-0.25, -0.2) is 4.90 Å². The van der Waals surface area contributed by atoms with Gasteiger partial charge in [-0.15, -0.1) is 0 Å². The molecule has 1 fully saturated rings. The second-order valence-corrected chi connectivity index (χ2v) is 10.7. The lowest BCUT2D eigenvalue weighted by Gasteiger charge is -2.30. The summed E-state index contributed by atoms with van der Waals surface area (Å²) in [6.45, 7) is 5.75. The molecule has 36 heavy (non-hydrogen) atoms. The number of fused-ring (bicyclic) bond motifs is 2. The number of aromatic amines is 1. The van der Waals surface area contributed by atoms with E-state index in [-0.39, 0.29) is 10.6 Å². The molecule has 0 aliphatic carbocycles. The zero-order valence-electron chi connectivity index (χ0n) is 19.3. The predicted octanol–water partition coefficient (Wildman–Crippen LogP) is 5.10. The zero-order valence-corrected chi connectivity index (χ0v) is 21.0. The molecule has 5 rings (SSSR count). The van der Waals surface area contributed by atoms with Crippen molar-refractivity contribution >= 4 is 46.3 Å². The standard InChI is InChI=1S/C25H22F3N3O3S2/c1-3-30(4-2)15-10-8-13(9-11-15)17-18-20(35-21-19(17)36-24(34)29-21)23(33)31(22(18)32)16-7-5-6-14(12-16)25(26,27)28/h5-12,17-18,20H,3-4H2,1-2H3,(H,29,34). The van der Waals surface area contributed by atoms with Crippen molar-refractivity contribution in [3.63, 3.8) is 0 Å². The van der Waals surface area contributed by atoms with Crippen LogP contribution in [-0.2, 0) is 15.8 Å². The number of carbonyl (C=O) groups excluding carboxylic acids is 2. The van der Waals surface area contributed by atoms with Crippen LogP contribution in [0.2, 0.25) is 0 Å². The zero-order chi connectivity index (χ0) is 25.8. The normalized spacial score (nSPS) is 21.5. The molecule has 11 heteroatoms. The highest BCUT2D eigenvalue weighted by molar-refractivity contribution is 8.00. The summed E-state index contributed by atoms with van der Waals surface area (Å²) in [4.78, 5) is 45.5. The third-order valence-corrected chi connectivity index (χ3v) is 9.04. The van der Waals surface area contributed by atoms with Crippen molar-refractivity contribution in [2.24, 2.45) is 5.92 Å². The van der Waals surface area contributed by atoms with Crippen molar-refractivity contribution in [3.8, 4) is 0 Å². The molecule has 1 saturated heterocycles. The Hall–Kier alpha value is -3.05. The van der Waals surface area contributed by atoms with Crippen LogP contribution in [0.15, 0.2) is 58.4 Å². The quantitative estimate of drug-likeness (QED) is 0.462. The molecule has 3 aromatic rings.